The molecule has 4 heteroatoms. The molecule has 0 bridgehead atoms. The molecular weight excluding hydrogens is 220 g/mol. The number of hydrogen-bond donors (Lipinski definition) is 1. The lowest BCUT2D eigenvalue weighted by Gasteiger charge is -2.04. The highest BCUT2D eigenvalue weighted by Gasteiger charge is 2.13. The number of aryl methyl sites for hydroxylation is 1. The molecule has 0 aliphatic heterocycles. The summed E-state index contributed by atoms with van der Waals surface area (Å²) in [7, 11) is 0. The number of nitrogens with zero attached hydrogens (tertiary/aromatic N) is 1. The largest absolute Gasteiger partial charge is 0.375 e. The maximum Gasteiger partial charge on any atom is 0.164 e. The van der Waals surface area contributed by atoms with Crippen LogP contribution in [0, 0.1) is 6.92 Å². The SMILES string of the molecule is CCCCCCNc1snc(C)c1C(C)=O. The molecule has 0 radical (unpaired) electrons. The molecule has 1 aromatic rings. The number of rotatable bonds is 7. The summed E-state index contributed by atoms with van der Waals surface area (Å²) in [6.45, 7) is 6.62. The molecule has 0 spiro atoms. The van der Waals surface area contributed by atoms with E-state index in [1.807, 2.05) is 6.92 Å². The van der Waals surface area contributed by atoms with Crippen molar-refractivity contribution in [2.75, 3.05) is 11.9 Å². The number of carbonyl (C=O) groups is 1. The molecule has 0 atom stereocenters. The molecule has 0 saturated carbocycles. The van der Waals surface area contributed by atoms with E-state index in [0.717, 1.165) is 29.2 Å². The predicted octanol–water partition coefficient (Wildman–Crippen LogP) is 3.65. The topological polar surface area (TPSA) is 42.0 Å². The predicted molar refractivity (Wildman–Crippen MR) is 69.5 cm³/mol. The van der Waals surface area contributed by atoms with Crippen molar-refractivity contribution in [3.05, 3.63) is 11.3 Å². The van der Waals surface area contributed by atoms with Crippen LogP contribution in [0.1, 0.15) is 55.6 Å². The third kappa shape index (κ3) is 3.59. The van der Waals surface area contributed by atoms with Crippen molar-refractivity contribution in [1.29, 1.82) is 0 Å². The molecule has 1 rings (SSSR count). The number of unbranched alkanes of at least 4 members (excludes halogenated alkanes) is 3. The normalized spacial score (nSPS) is 10.4. The van der Waals surface area contributed by atoms with E-state index in [2.05, 4.69) is 16.6 Å². The lowest BCUT2D eigenvalue weighted by atomic mass is 10.2. The van der Waals surface area contributed by atoms with Crippen LogP contribution in [0.4, 0.5) is 5.00 Å². The van der Waals surface area contributed by atoms with E-state index in [1.165, 1.54) is 30.8 Å². The fourth-order valence-electron chi connectivity index (χ4n) is 1.66. The maximum atomic E-state index is 11.4. The van der Waals surface area contributed by atoms with E-state index in [9.17, 15) is 4.79 Å². The van der Waals surface area contributed by atoms with Crippen LogP contribution < -0.4 is 5.32 Å². The Morgan fingerprint density at radius 3 is 2.75 bits per heavy atom. The number of ketones is 1. The van der Waals surface area contributed by atoms with Crippen molar-refractivity contribution < 1.29 is 4.79 Å². The average Bonchev–Trinajstić information content (AvgIpc) is 2.59. The summed E-state index contributed by atoms with van der Waals surface area (Å²) in [4.78, 5) is 11.4. The summed E-state index contributed by atoms with van der Waals surface area (Å²) in [5, 5.41) is 4.24. The maximum absolute atomic E-state index is 11.4. The van der Waals surface area contributed by atoms with Gasteiger partial charge in [0.05, 0.1) is 11.3 Å². The second-order valence-corrected chi connectivity index (χ2v) is 4.79. The van der Waals surface area contributed by atoms with Gasteiger partial charge < -0.3 is 5.32 Å². The van der Waals surface area contributed by atoms with Crippen LogP contribution in [0.25, 0.3) is 0 Å². The summed E-state index contributed by atoms with van der Waals surface area (Å²) >= 11 is 1.39. The number of carbonyl (C=O) groups excluding carboxylic acids is 1. The number of nitrogens with one attached hydrogen (secondary N) is 1. The molecule has 90 valence electrons. The standard InChI is InChI=1S/C12H20N2OS/c1-4-5-6-7-8-13-12-11(10(3)15)9(2)14-16-12/h13H,4-8H2,1-3H3. The Balaban J connectivity index is 2.45. The van der Waals surface area contributed by atoms with Gasteiger partial charge >= 0.3 is 0 Å². The molecule has 16 heavy (non-hydrogen) atoms. The van der Waals surface area contributed by atoms with Crippen LogP contribution in [0.3, 0.4) is 0 Å². The van der Waals surface area contributed by atoms with Gasteiger partial charge in [0.1, 0.15) is 5.00 Å². The second-order valence-electron chi connectivity index (χ2n) is 4.02. The lowest BCUT2D eigenvalue weighted by molar-refractivity contribution is 0.101. The van der Waals surface area contributed by atoms with Gasteiger partial charge in [-0.25, -0.2) is 0 Å². The zero-order valence-electron chi connectivity index (χ0n) is 10.3. The van der Waals surface area contributed by atoms with E-state index in [-0.39, 0.29) is 5.78 Å². The van der Waals surface area contributed by atoms with E-state index in [0.29, 0.717) is 0 Å². The van der Waals surface area contributed by atoms with Crippen LogP contribution in [-0.4, -0.2) is 16.7 Å². The average molecular weight is 240 g/mol. The molecule has 1 N–H and O–H groups in total. The smallest absolute Gasteiger partial charge is 0.164 e. The minimum Gasteiger partial charge on any atom is -0.375 e. The van der Waals surface area contributed by atoms with Crippen molar-refractivity contribution in [3.63, 3.8) is 0 Å². The van der Waals surface area contributed by atoms with Crippen LogP contribution in [-0.2, 0) is 0 Å². The zero-order valence-corrected chi connectivity index (χ0v) is 11.1. The first-order chi connectivity index (χ1) is 7.66. The molecule has 0 aliphatic rings. The molecule has 0 aromatic carbocycles. The fraction of sp³-hybridized carbons (Fsp3) is 0.667. The van der Waals surface area contributed by atoms with E-state index in [4.69, 9.17) is 0 Å². The molecule has 1 heterocycles. The highest BCUT2D eigenvalue weighted by Crippen LogP contribution is 2.24. The van der Waals surface area contributed by atoms with Crippen molar-refractivity contribution in [1.82, 2.24) is 4.37 Å². The third-order valence-electron chi connectivity index (χ3n) is 2.53. The quantitative estimate of drug-likeness (QED) is 0.584. The summed E-state index contributed by atoms with van der Waals surface area (Å²) in [5.41, 5.74) is 1.61. The Morgan fingerprint density at radius 1 is 1.38 bits per heavy atom. The first-order valence-corrected chi connectivity index (χ1v) is 6.65. The Hall–Kier alpha value is -0.900. The first kappa shape index (κ1) is 13.2. The van der Waals surface area contributed by atoms with E-state index >= 15 is 0 Å². The van der Waals surface area contributed by atoms with Gasteiger partial charge in [-0.1, -0.05) is 26.2 Å². The van der Waals surface area contributed by atoms with Gasteiger partial charge in [0, 0.05) is 6.54 Å². The van der Waals surface area contributed by atoms with Crippen LogP contribution >= 0.6 is 11.5 Å². The van der Waals surface area contributed by atoms with Crippen molar-refractivity contribution in [2.45, 2.75) is 46.5 Å². The van der Waals surface area contributed by atoms with Gasteiger partial charge in [0.2, 0.25) is 0 Å². The molecule has 1 aromatic heterocycles. The number of anilines is 1. The number of aromatic nitrogens is 1. The summed E-state index contributed by atoms with van der Waals surface area (Å²) in [6, 6.07) is 0. The molecule has 0 amide bonds. The monoisotopic (exact) mass is 240 g/mol. The Labute approximate surface area is 101 Å². The van der Waals surface area contributed by atoms with Gasteiger partial charge in [0.15, 0.2) is 5.78 Å². The number of Topliss-reactive ketones (excluding diaryl/α,β-unsaturated/α-hetero) is 1. The number of hydrogen-bond acceptors (Lipinski definition) is 4. The molecule has 0 saturated heterocycles. The van der Waals surface area contributed by atoms with Crippen molar-refractivity contribution in [3.8, 4) is 0 Å². The molecule has 0 fully saturated rings. The summed E-state index contributed by atoms with van der Waals surface area (Å²) in [5.74, 6) is 0.0994. The zero-order chi connectivity index (χ0) is 12.0. The summed E-state index contributed by atoms with van der Waals surface area (Å²) < 4.78 is 4.21. The Morgan fingerprint density at radius 2 is 2.12 bits per heavy atom. The van der Waals surface area contributed by atoms with Gasteiger partial charge in [-0.15, -0.1) is 0 Å². The van der Waals surface area contributed by atoms with E-state index < -0.39 is 0 Å². The van der Waals surface area contributed by atoms with Crippen LogP contribution in [0.2, 0.25) is 0 Å². The minimum absolute atomic E-state index is 0.0994. The van der Waals surface area contributed by atoms with Gasteiger partial charge in [-0.05, 0) is 31.8 Å². The van der Waals surface area contributed by atoms with E-state index in [1.54, 1.807) is 6.92 Å². The summed E-state index contributed by atoms with van der Waals surface area (Å²) in [6.07, 6.45) is 4.93. The van der Waals surface area contributed by atoms with Crippen LogP contribution in [0.5, 0.6) is 0 Å². The third-order valence-corrected chi connectivity index (χ3v) is 3.43. The van der Waals surface area contributed by atoms with Crippen molar-refractivity contribution in [2.24, 2.45) is 0 Å². The Bertz CT molecular complexity index is 347. The minimum atomic E-state index is 0.0994. The Kier molecular flexibility index (Phi) is 5.46. The molecule has 0 unspecified atom stereocenters. The van der Waals surface area contributed by atoms with Gasteiger partial charge in [0.25, 0.3) is 0 Å². The fourth-order valence-corrected chi connectivity index (χ4v) is 2.53. The van der Waals surface area contributed by atoms with Crippen molar-refractivity contribution >= 4 is 22.3 Å². The molecular formula is C12H20N2OS. The van der Waals surface area contributed by atoms with Gasteiger partial charge in [-0.2, -0.15) is 4.37 Å². The highest BCUT2D eigenvalue weighted by molar-refractivity contribution is 7.10. The first-order valence-electron chi connectivity index (χ1n) is 5.88. The van der Waals surface area contributed by atoms with Gasteiger partial charge in [-0.3, -0.25) is 4.79 Å². The van der Waals surface area contributed by atoms with Crippen LogP contribution in [0.15, 0.2) is 0 Å². The molecule has 0 aliphatic carbocycles. The second kappa shape index (κ2) is 6.63. The molecule has 3 nitrogen and oxygen atoms in total. The highest BCUT2D eigenvalue weighted by atomic mass is 32.1. The lowest BCUT2D eigenvalue weighted by Crippen LogP contribution is -2.04.